The minimum Gasteiger partial charge on any atom is -0.369 e. The number of nitrogens with zero attached hydrogens (tertiary/aromatic N) is 1. The molecule has 6 heteroatoms. The summed E-state index contributed by atoms with van der Waals surface area (Å²) in [6.45, 7) is 4.84. The van der Waals surface area contributed by atoms with E-state index in [4.69, 9.17) is 23.2 Å². The largest absolute Gasteiger partial charge is 0.369 e. The second-order valence-electron chi connectivity index (χ2n) is 4.46. The van der Waals surface area contributed by atoms with Gasteiger partial charge in [0.1, 0.15) is 5.82 Å². The molecule has 0 radical (unpaired) electrons. The number of anilines is 3. The lowest BCUT2D eigenvalue weighted by Gasteiger charge is -2.14. The molecule has 21 heavy (non-hydrogen) atoms. The van der Waals surface area contributed by atoms with Crippen LogP contribution < -0.4 is 10.6 Å². The predicted octanol–water partition coefficient (Wildman–Crippen LogP) is 5.89. The molecular formula is C15H16BrCl2N3. The standard InChI is InChI=1S/C15H16BrCl2N3/c1-3-9-7-10(16)5-6-13(9)20-15-12(18)8-11(17)14(21-15)19-4-2/h5-8H,3-4H2,1-2H3,(H2,19,20,21). The van der Waals surface area contributed by atoms with Crippen molar-refractivity contribution in [3.8, 4) is 0 Å². The maximum atomic E-state index is 6.23. The van der Waals surface area contributed by atoms with E-state index in [2.05, 4.69) is 44.5 Å². The zero-order chi connectivity index (χ0) is 15.4. The Labute approximate surface area is 143 Å². The first-order chi connectivity index (χ1) is 10.0. The summed E-state index contributed by atoms with van der Waals surface area (Å²) in [5.74, 6) is 1.22. The van der Waals surface area contributed by atoms with Crippen LogP contribution in [0.1, 0.15) is 19.4 Å². The zero-order valence-corrected chi connectivity index (χ0v) is 14.9. The number of hydrogen-bond donors (Lipinski definition) is 2. The third-order valence-electron chi connectivity index (χ3n) is 2.97. The highest BCUT2D eigenvalue weighted by atomic mass is 79.9. The Hall–Kier alpha value is -0.970. The lowest BCUT2D eigenvalue weighted by molar-refractivity contribution is 1.13. The summed E-state index contributed by atoms with van der Waals surface area (Å²) in [5.41, 5.74) is 2.17. The van der Waals surface area contributed by atoms with Crippen molar-refractivity contribution in [2.45, 2.75) is 20.3 Å². The van der Waals surface area contributed by atoms with Gasteiger partial charge < -0.3 is 10.6 Å². The number of rotatable bonds is 5. The first kappa shape index (κ1) is 16.4. The summed E-state index contributed by atoms with van der Waals surface area (Å²) >= 11 is 15.8. The van der Waals surface area contributed by atoms with Gasteiger partial charge in [0.25, 0.3) is 0 Å². The van der Waals surface area contributed by atoms with Crippen LogP contribution in [-0.2, 0) is 6.42 Å². The van der Waals surface area contributed by atoms with Gasteiger partial charge in [-0.05, 0) is 43.2 Å². The van der Waals surface area contributed by atoms with Crippen molar-refractivity contribution >= 4 is 56.5 Å². The first-order valence-corrected chi connectivity index (χ1v) is 8.25. The Bertz CT molecular complexity index is 647. The van der Waals surface area contributed by atoms with Gasteiger partial charge in [0.05, 0.1) is 10.0 Å². The molecule has 0 aliphatic carbocycles. The Morgan fingerprint density at radius 1 is 1.10 bits per heavy atom. The van der Waals surface area contributed by atoms with Gasteiger partial charge in [0.2, 0.25) is 0 Å². The van der Waals surface area contributed by atoms with Crippen LogP contribution in [0.5, 0.6) is 0 Å². The SMILES string of the molecule is CCNc1nc(Nc2ccc(Br)cc2CC)c(Cl)cc1Cl. The third-order valence-corrected chi connectivity index (χ3v) is 4.04. The fourth-order valence-electron chi connectivity index (χ4n) is 1.95. The van der Waals surface area contributed by atoms with E-state index in [-0.39, 0.29) is 0 Å². The molecule has 0 atom stereocenters. The van der Waals surface area contributed by atoms with Crippen LogP contribution in [0, 0.1) is 0 Å². The molecule has 0 aliphatic rings. The fourth-order valence-corrected chi connectivity index (χ4v) is 2.83. The molecule has 0 unspecified atom stereocenters. The van der Waals surface area contributed by atoms with Crippen LogP contribution in [0.25, 0.3) is 0 Å². The molecule has 2 rings (SSSR count). The number of aryl methyl sites for hydroxylation is 1. The van der Waals surface area contributed by atoms with Gasteiger partial charge in [0, 0.05) is 16.7 Å². The van der Waals surface area contributed by atoms with Gasteiger partial charge in [-0.1, -0.05) is 46.1 Å². The minimum atomic E-state index is 0.492. The number of halogens is 3. The van der Waals surface area contributed by atoms with Gasteiger partial charge in [0.15, 0.2) is 5.82 Å². The van der Waals surface area contributed by atoms with E-state index >= 15 is 0 Å². The molecule has 1 aromatic heterocycles. The van der Waals surface area contributed by atoms with Gasteiger partial charge >= 0.3 is 0 Å². The van der Waals surface area contributed by atoms with Gasteiger partial charge in [-0.3, -0.25) is 0 Å². The van der Waals surface area contributed by atoms with E-state index in [0.29, 0.717) is 21.7 Å². The Morgan fingerprint density at radius 2 is 1.81 bits per heavy atom. The summed E-state index contributed by atoms with van der Waals surface area (Å²) < 4.78 is 1.05. The molecule has 0 saturated heterocycles. The topological polar surface area (TPSA) is 37.0 Å². The van der Waals surface area contributed by atoms with Crippen LogP contribution in [0.4, 0.5) is 17.3 Å². The van der Waals surface area contributed by atoms with Crippen molar-refractivity contribution < 1.29 is 0 Å². The second-order valence-corrected chi connectivity index (χ2v) is 6.19. The molecule has 0 saturated carbocycles. The van der Waals surface area contributed by atoms with Crippen LogP contribution >= 0.6 is 39.1 Å². The highest BCUT2D eigenvalue weighted by Crippen LogP contribution is 2.32. The Kier molecular flexibility index (Phi) is 5.73. The first-order valence-electron chi connectivity index (χ1n) is 6.70. The smallest absolute Gasteiger partial charge is 0.151 e. The molecule has 0 aliphatic heterocycles. The molecule has 112 valence electrons. The average Bonchev–Trinajstić information content (AvgIpc) is 2.45. The van der Waals surface area contributed by atoms with E-state index in [1.807, 2.05) is 19.1 Å². The van der Waals surface area contributed by atoms with Crippen molar-refractivity contribution in [2.75, 3.05) is 17.2 Å². The summed E-state index contributed by atoms with van der Waals surface area (Å²) in [7, 11) is 0. The zero-order valence-electron chi connectivity index (χ0n) is 11.8. The maximum Gasteiger partial charge on any atom is 0.151 e. The number of nitrogens with one attached hydrogen (secondary N) is 2. The monoisotopic (exact) mass is 387 g/mol. The van der Waals surface area contributed by atoms with Crippen LogP contribution in [0.15, 0.2) is 28.7 Å². The van der Waals surface area contributed by atoms with E-state index < -0.39 is 0 Å². The molecule has 0 amide bonds. The number of pyridine rings is 1. The lowest BCUT2D eigenvalue weighted by Crippen LogP contribution is -2.04. The summed E-state index contributed by atoms with van der Waals surface area (Å²) in [4.78, 5) is 4.46. The molecule has 1 heterocycles. The van der Waals surface area contributed by atoms with E-state index in [0.717, 1.165) is 23.1 Å². The van der Waals surface area contributed by atoms with Gasteiger partial charge in [-0.15, -0.1) is 0 Å². The summed E-state index contributed by atoms with van der Waals surface area (Å²) in [6, 6.07) is 7.76. The third kappa shape index (κ3) is 4.02. The number of hydrogen-bond acceptors (Lipinski definition) is 3. The van der Waals surface area contributed by atoms with Crippen molar-refractivity contribution in [3.63, 3.8) is 0 Å². The number of benzene rings is 1. The second kappa shape index (κ2) is 7.34. The van der Waals surface area contributed by atoms with Crippen LogP contribution in [-0.4, -0.2) is 11.5 Å². The van der Waals surface area contributed by atoms with Crippen molar-refractivity contribution in [3.05, 3.63) is 44.3 Å². The molecule has 0 spiro atoms. The van der Waals surface area contributed by atoms with Crippen molar-refractivity contribution in [2.24, 2.45) is 0 Å². The summed E-state index contributed by atoms with van der Waals surface area (Å²) in [5, 5.41) is 7.41. The Morgan fingerprint density at radius 3 is 2.48 bits per heavy atom. The quantitative estimate of drug-likeness (QED) is 0.670. The van der Waals surface area contributed by atoms with E-state index in [9.17, 15) is 0 Å². The number of aromatic nitrogens is 1. The molecule has 1 aromatic carbocycles. The van der Waals surface area contributed by atoms with Gasteiger partial charge in [-0.25, -0.2) is 4.98 Å². The lowest BCUT2D eigenvalue weighted by atomic mass is 10.1. The molecule has 0 fully saturated rings. The molecule has 3 nitrogen and oxygen atoms in total. The van der Waals surface area contributed by atoms with Crippen molar-refractivity contribution in [1.29, 1.82) is 0 Å². The average molecular weight is 389 g/mol. The molecule has 2 N–H and O–H groups in total. The van der Waals surface area contributed by atoms with Gasteiger partial charge in [-0.2, -0.15) is 0 Å². The van der Waals surface area contributed by atoms with Crippen LogP contribution in [0.3, 0.4) is 0 Å². The molecular weight excluding hydrogens is 373 g/mol. The summed E-state index contributed by atoms with van der Waals surface area (Å²) in [6.07, 6.45) is 0.910. The van der Waals surface area contributed by atoms with Crippen molar-refractivity contribution in [1.82, 2.24) is 4.98 Å². The highest BCUT2D eigenvalue weighted by molar-refractivity contribution is 9.10. The fraction of sp³-hybridized carbons (Fsp3) is 0.267. The minimum absolute atomic E-state index is 0.492. The van der Waals surface area contributed by atoms with E-state index in [1.165, 1.54) is 5.56 Å². The molecule has 2 aromatic rings. The molecule has 0 bridgehead atoms. The van der Waals surface area contributed by atoms with E-state index in [1.54, 1.807) is 6.07 Å². The maximum absolute atomic E-state index is 6.23. The predicted molar refractivity (Wildman–Crippen MR) is 95.2 cm³/mol. The Balaban J connectivity index is 2.37. The van der Waals surface area contributed by atoms with Crippen LogP contribution in [0.2, 0.25) is 10.0 Å². The highest BCUT2D eigenvalue weighted by Gasteiger charge is 2.11. The normalized spacial score (nSPS) is 10.5.